The summed E-state index contributed by atoms with van der Waals surface area (Å²) in [6.07, 6.45) is 2.82. The molecule has 1 saturated heterocycles. The lowest BCUT2D eigenvalue weighted by molar-refractivity contribution is -0.121. The molecule has 5 rings (SSSR count). The summed E-state index contributed by atoms with van der Waals surface area (Å²) in [5.41, 5.74) is 4.65. The molecule has 3 aliphatic rings. The van der Waals surface area contributed by atoms with Crippen molar-refractivity contribution in [2.45, 2.75) is 45.2 Å². The van der Waals surface area contributed by atoms with E-state index in [1.165, 1.54) is 11.1 Å². The van der Waals surface area contributed by atoms with Crippen molar-refractivity contribution in [3.63, 3.8) is 0 Å². The van der Waals surface area contributed by atoms with E-state index in [1.807, 2.05) is 34.1 Å². The van der Waals surface area contributed by atoms with Crippen LogP contribution in [-0.4, -0.2) is 73.0 Å². The van der Waals surface area contributed by atoms with Gasteiger partial charge in [-0.15, -0.1) is 0 Å². The SMILES string of the molecule is C[C@H]1Cc2ccccc2N1C(=O)CN1CCCN(CC(=O)N2c3ccccc3C[C@@H]2C)CC1. The van der Waals surface area contributed by atoms with Crippen LogP contribution in [0.2, 0.25) is 0 Å². The molecule has 3 aliphatic heterocycles. The molecule has 2 aromatic rings. The van der Waals surface area contributed by atoms with E-state index in [-0.39, 0.29) is 23.9 Å². The van der Waals surface area contributed by atoms with Gasteiger partial charge in [-0.25, -0.2) is 0 Å². The van der Waals surface area contributed by atoms with Gasteiger partial charge in [0.05, 0.1) is 13.1 Å². The summed E-state index contributed by atoms with van der Waals surface area (Å²) >= 11 is 0. The van der Waals surface area contributed by atoms with E-state index < -0.39 is 0 Å². The van der Waals surface area contributed by atoms with Crippen LogP contribution in [0.5, 0.6) is 0 Å². The van der Waals surface area contributed by atoms with Crippen molar-refractivity contribution in [2.24, 2.45) is 0 Å². The van der Waals surface area contributed by atoms with Gasteiger partial charge in [0, 0.05) is 36.5 Å². The Morgan fingerprint density at radius 1 is 0.697 bits per heavy atom. The number of amides is 2. The molecule has 0 saturated carbocycles. The highest BCUT2D eigenvalue weighted by Gasteiger charge is 2.33. The smallest absolute Gasteiger partial charge is 0.241 e. The van der Waals surface area contributed by atoms with Crippen molar-refractivity contribution in [3.8, 4) is 0 Å². The highest BCUT2D eigenvalue weighted by molar-refractivity contribution is 5.98. The molecule has 0 N–H and O–H groups in total. The molecule has 174 valence electrons. The van der Waals surface area contributed by atoms with Gasteiger partial charge in [0.2, 0.25) is 11.8 Å². The van der Waals surface area contributed by atoms with E-state index in [0.717, 1.165) is 56.8 Å². The van der Waals surface area contributed by atoms with Crippen LogP contribution in [0.3, 0.4) is 0 Å². The molecule has 2 amide bonds. The quantitative estimate of drug-likeness (QED) is 0.725. The maximum absolute atomic E-state index is 13.2. The summed E-state index contributed by atoms with van der Waals surface area (Å²) in [6.45, 7) is 8.56. The van der Waals surface area contributed by atoms with E-state index >= 15 is 0 Å². The molecular weight excluding hydrogens is 412 g/mol. The molecule has 33 heavy (non-hydrogen) atoms. The first-order chi connectivity index (χ1) is 16.0. The van der Waals surface area contributed by atoms with Gasteiger partial charge in [0.25, 0.3) is 0 Å². The maximum atomic E-state index is 13.2. The zero-order chi connectivity index (χ0) is 22.9. The van der Waals surface area contributed by atoms with E-state index in [1.54, 1.807) is 0 Å². The summed E-state index contributed by atoms with van der Waals surface area (Å²) < 4.78 is 0. The van der Waals surface area contributed by atoms with Crippen LogP contribution in [-0.2, 0) is 22.4 Å². The molecule has 6 heteroatoms. The van der Waals surface area contributed by atoms with Crippen molar-refractivity contribution >= 4 is 23.2 Å². The first-order valence-corrected chi connectivity index (χ1v) is 12.3. The third kappa shape index (κ3) is 4.42. The van der Waals surface area contributed by atoms with Crippen LogP contribution in [0.4, 0.5) is 11.4 Å². The Morgan fingerprint density at radius 2 is 1.12 bits per heavy atom. The number of fused-ring (bicyclic) bond motifs is 2. The molecular formula is C27H34N4O2. The maximum Gasteiger partial charge on any atom is 0.241 e. The summed E-state index contributed by atoms with van der Waals surface area (Å²) in [5.74, 6) is 0.360. The first kappa shape index (κ1) is 22.1. The minimum absolute atomic E-state index is 0.180. The Kier molecular flexibility index (Phi) is 6.21. The Bertz CT molecular complexity index is 957. The number of carbonyl (C=O) groups excluding carboxylic acids is 2. The molecule has 0 bridgehead atoms. The Hall–Kier alpha value is -2.70. The average Bonchev–Trinajstić information content (AvgIpc) is 3.22. The van der Waals surface area contributed by atoms with Gasteiger partial charge in [0.1, 0.15) is 0 Å². The summed E-state index contributed by atoms with van der Waals surface area (Å²) in [6, 6.07) is 16.9. The zero-order valence-corrected chi connectivity index (χ0v) is 19.7. The van der Waals surface area contributed by atoms with Gasteiger partial charge in [-0.05, 0) is 69.5 Å². The van der Waals surface area contributed by atoms with Crippen molar-refractivity contribution < 1.29 is 9.59 Å². The van der Waals surface area contributed by atoms with Crippen LogP contribution in [0.25, 0.3) is 0 Å². The summed E-state index contributed by atoms with van der Waals surface area (Å²) in [5, 5.41) is 0. The second kappa shape index (κ2) is 9.27. The largest absolute Gasteiger partial charge is 0.308 e. The van der Waals surface area contributed by atoms with Crippen molar-refractivity contribution in [1.29, 1.82) is 0 Å². The predicted octanol–water partition coefficient (Wildman–Crippen LogP) is 2.95. The molecule has 0 aromatic heterocycles. The standard InChI is InChI=1S/C27H34N4O2/c1-20-16-22-8-3-5-10-24(22)30(20)26(32)18-28-12-7-13-29(15-14-28)19-27(33)31-21(2)17-23-9-4-6-11-25(23)31/h3-6,8-11,20-21H,7,12-19H2,1-2H3/t20-,21-/m0/s1. The lowest BCUT2D eigenvalue weighted by Crippen LogP contribution is -2.45. The molecule has 3 heterocycles. The molecule has 6 nitrogen and oxygen atoms in total. The number of hydrogen-bond acceptors (Lipinski definition) is 4. The van der Waals surface area contributed by atoms with Crippen LogP contribution in [0.1, 0.15) is 31.4 Å². The zero-order valence-electron chi connectivity index (χ0n) is 19.7. The molecule has 1 fully saturated rings. The van der Waals surface area contributed by atoms with Gasteiger partial charge in [-0.1, -0.05) is 36.4 Å². The number of anilines is 2. The van der Waals surface area contributed by atoms with Gasteiger partial charge >= 0.3 is 0 Å². The molecule has 0 radical (unpaired) electrons. The monoisotopic (exact) mass is 446 g/mol. The molecule has 0 aliphatic carbocycles. The lowest BCUT2D eigenvalue weighted by atomic mass is 10.1. The average molecular weight is 447 g/mol. The van der Waals surface area contributed by atoms with E-state index in [2.05, 4.69) is 47.9 Å². The fourth-order valence-corrected chi connectivity index (χ4v) is 5.77. The third-order valence-electron chi connectivity index (χ3n) is 7.35. The second-order valence-corrected chi connectivity index (χ2v) is 9.80. The summed E-state index contributed by atoms with van der Waals surface area (Å²) in [4.78, 5) is 34.9. The van der Waals surface area contributed by atoms with Crippen LogP contribution < -0.4 is 9.80 Å². The molecule has 2 aromatic carbocycles. The molecule has 0 unspecified atom stereocenters. The highest BCUT2D eigenvalue weighted by atomic mass is 16.2. The van der Waals surface area contributed by atoms with E-state index in [9.17, 15) is 9.59 Å². The number of rotatable bonds is 4. The minimum Gasteiger partial charge on any atom is -0.308 e. The molecule has 2 atom stereocenters. The second-order valence-electron chi connectivity index (χ2n) is 9.80. The van der Waals surface area contributed by atoms with Gasteiger partial charge in [-0.3, -0.25) is 19.4 Å². The Morgan fingerprint density at radius 3 is 1.58 bits per heavy atom. The topological polar surface area (TPSA) is 47.1 Å². The number of benzene rings is 2. The first-order valence-electron chi connectivity index (χ1n) is 12.3. The van der Waals surface area contributed by atoms with Gasteiger partial charge < -0.3 is 9.80 Å². The Labute approximate surface area is 196 Å². The van der Waals surface area contributed by atoms with Gasteiger partial charge in [-0.2, -0.15) is 0 Å². The highest BCUT2D eigenvalue weighted by Crippen LogP contribution is 2.33. The van der Waals surface area contributed by atoms with Crippen LogP contribution in [0.15, 0.2) is 48.5 Å². The normalized spacial score (nSPS) is 23.3. The number of nitrogens with zero attached hydrogens (tertiary/aromatic N) is 4. The summed E-state index contributed by atoms with van der Waals surface area (Å²) in [7, 11) is 0. The number of carbonyl (C=O) groups is 2. The van der Waals surface area contributed by atoms with Crippen molar-refractivity contribution in [3.05, 3.63) is 59.7 Å². The molecule has 0 spiro atoms. The van der Waals surface area contributed by atoms with Gasteiger partial charge in [0.15, 0.2) is 0 Å². The van der Waals surface area contributed by atoms with Crippen LogP contribution in [0, 0.1) is 0 Å². The van der Waals surface area contributed by atoms with E-state index in [0.29, 0.717) is 13.1 Å². The Balaban J connectivity index is 1.17. The predicted molar refractivity (Wildman–Crippen MR) is 132 cm³/mol. The number of hydrogen-bond donors (Lipinski definition) is 0. The van der Waals surface area contributed by atoms with E-state index in [4.69, 9.17) is 0 Å². The third-order valence-corrected chi connectivity index (χ3v) is 7.35. The number of para-hydroxylation sites is 2. The fourth-order valence-electron chi connectivity index (χ4n) is 5.77. The lowest BCUT2D eigenvalue weighted by Gasteiger charge is -2.28. The fraction of sp³-hybridized carbons (Fsp3) is 0.481. The van der Waals surface area contributed by atoms with Crippen molar-refractivity contribution in [2.75, 3.05) is 49.1 Å². The van der Waals surface area contributed by atoms with Crippen LogP contribution >= 0.6 is 0 Å². The minimum atomic E-state index is 0.180. The van der Waals surface area contributed by atoms with Crippen molar-refractivity contribution in [1.82, 2.24) is 9.80 Å².